The summed E-state index contributed by atoms with van der Waals surface area (Å²) in [6.07, 6.45) is 11.0. The molecule has 1 aromatic rings. The molecule has 2 rings (SSSR count). The van der Waals surface area contributed by atoms with Crippen LogP contribution in [0.25, 0.3) is 0 Å². The highest BCUT2D eigenvalue weighted by Gasteiger charge is 2.06. The van der Waals surface area contributed by atoms with Crippen LogP contribution in [0, 0.1) is 0 Å². The second kappa shape index (κ2) is 6.49. The van der Waals surface area contributed by atoms with Gasteiger partial charge in [-0.1, -0.05) is 42.5 Å². The molecule has 0 heterocycles. The zero-order chi connectivity index (χ0) is 11.1. The molecule has 0 saturated heterocycles. The first-order valence-electron chi connectivity index (χ1n) is 6.39. The molecule has 0 radical (unpaired) electrons. The van der Waals surface area contributed by atoms with Crippen LogP contribution in [0.15, 0.2) is 42.5 Å². The Kier molecular flexibility index (Phi) is 4.63. The zero-order valence-corrected chi connectivity index (χ0v) is 9.86. The van der Waals surface area contributed by atoms with Crippen molar-refractivity contribution in [2.75, 3.05) is 6.54 Å². The standard InChI is InChI=1S/C15H21N/c1-3-8-14(9-4-1)10-7-13-16-15-11-5-2-6-12-15/h1,3-5,8-9,11,15-16H,2,6-7,10,12-13H2. The van der Waals surface area contributed by atoms with E-state index in [1.807, 2.05) is 0 Å². The Labute approximate surface area is 98.6 Å². The summed E-state index contributed by atoms with van der Waals surface area (Å²) >= 11 is 0. The van der Waals surface area contributed by atoms with Crippen LogP contribution < -0.4 is 5.32 Å². The number of hydrogen-bond donors (Lipinski definition) is 1. The van der Waals surface area contributed by atoms with E-state index in [-0.39, 0.29) is 0 Å². The van der Waals surface area contributed by atoms with Crippen LogP contribution in [0.1, 0.15) is 31.2 Å². The van der Waals surface area contributed by atoms with Crippen molar-refractivity contribution in [2.24, 2.45) is 0 Å². The number of rotatable bonds is 5. The molecular weight excluding hydrogens is 194 g/mol. The van der Waals surface area contributed by atoms with Crippen LogP contribution in [0.3, 0.4) is 0 Å². The molecular formula is C15H21N. The van der Waals surface area contributed by atoms with Gasteiger partial charge in [0.25, 0.3) is 0 Å². The maximum Gasteiger partial charge on any atom is 0.0250 e. The maximum absolute atomic E-state index is 3.61. The van der Waals surface area contributed by atoms with E-state index in [0.29, 0.717) is 6.04 Å². The third-order valence-electron chi connectivity index (χ3n) is 3.15. The molecule has 0 aromatic heterocycles. The van der Waals surface area contributed by atoms with Crippen molar-refractivity contribution in [3.63, 3.8) is 0 Å². The molecule has 0 aliphatic heterocycles. The van der Waals surface area contributed by atoms with E-state index < -0.39 is 0 Å². The van der Waals surface area contributed by atoms with Crippen molar-refractivity contribution in [3.05, 3.63) is 48.0 Å². The molecule has 1 aliphatic rings. The Bertz CT molecular complexity index is 315. The first kappa shape index (κ1) is 11.4. The fourth-order valence-electron chi connectivity index (χ4n) is 2.21. The normalized spacial score (nSPS) is 19.9. The van der Waals surface area contributed by atoms with Crippen LogP contribution >= 0.6 is 0 Å². The van der Waals surface area contributed by atoms with Crippen LogP contribution in [0.2, 0.25) is 0 Å². The van der Waals surface area contributed by atoms with Crippen molar-refractivity contribution in [1.82, 2.24) is 5.32 Å². The second-order valence-electron chi connectivity index (χ2n) is 4.51. The summed E-state index contributed by atoms with van der Waals surface area (Å²) in [5.41, 5.74) is 1.45. The van der Waals surface area contributed by atoms with Crippen LogP contribution in [-0.2, 0) is 6.42 Å². The van der Waals surface area contributed by atoms with E-state index in [1.165, 1.54) is 37.7 Å². The smallest absolute Gasteiger partial charge is 0.0250 e. The van der Waals surface area contributed by atoms with Crippen molar-refractivity contribution in [3.8, 4) is 0 Å². The van der Waals surface area contributed by atoms with Gasteiger partial charge in [0.05, 0.1) is 0 Å². The molecule has 1 nitrogen and oxygen atoms in total. The van der Waals surface area contributed by atoms with E-state index in [1.54, 1.807) is 0 Å². The summed E-state index contributed by atoms with van der Waals surface area (Å²) in [4.78, 5) is 0. The molecule has 0 bridgehead atoms. The summed E-state index contributed by atoms with van der Waals surface area (Å²) < 4.78 is 0. The quantitative estimate of drug-likeness (QED) is 0.587. The Morgan fingerprint density at radius 3 is 2.81 bits per heavy atom. The third-order valence-corrected chi connectivity index (χ3v) is 3.15. The molecule has 0 fully saturated rings. The van der Waals surface area contributed by atoms with E-state index >= 15 is 0 Å². The second-order valence-corrected chi connectivity index (χ2v) is 4.51. The van der Waals surface area contributed by atoms with E-state index in [0.717, 1.165) is 6.54 Å². The average molecular weight is 215 g/mol. The number of hydrogen-bond acceptors (Lipinski definition) is 1. The van der Waals surface area contributed by atoms with Gasteiger partial charge in [-0.2, -0.15) is 0 Å². The number of nitrogens with one attached hydrogen (secondary N) is 1. The van der Waals surface area contributed by atoms with E-state index in [2.05, 4.69) is 47.8 Å². The predicted molar refractivity (Wildman–Crippen MR) is 69.5 cm³/mol. The lowest BCUT2D eigenvalue weighted by molar-refractivity contribution is 0.515. The van der Waals surface area contributed by atoms with Gasteiger partial charge in [0.1, 0.15) is 0 Å². The lowest BCUT2D eigenvalue weighted by Gasteiger charge is -2.17. The minimum atomic E-state index is 0.629. The average Bonchev–Trinajstić information content (AvgIpc) is 2.37. The fraction of sp³-hybridized carbons (Fsp3) is 0.467. The topological polar surface area (TPSA) is 12.0 Å². The van der Waals surface area contributed by atoms with Gasteiger partial charge in [-0.3, -0.25) is 0 Å². The van der Waals surface area contributed by atoms with Gasteiger partial charge in [-0.25, -0.2) is 0 Å². The van der Waals surface area contributed by atoms with Gasteiger partial charge in [0.2, 0.25) is 0 Å². The van der Waals surface area contributed by atoms with Gasteiger partial charge in [-0.15, -0.1) is 0 Å². The highest BCUT2D eigenvalue weighted by atomic mass is 14.9. The third kappa shape index (κ3) is 3.82. The molecule has 0 saturated carbocycles. The highest BCUT2D eigenvalue weighted by Crippen LogP contribution is 2.10. The summed E-state index contributed by atoms with van der Waals surface area (Å²) in [5.74, 6) is 0. The Morgan fingerprint density at radius 2 is 2.06 bits per heavy atom. The molecule has 0 spiro atoms. The molecule has 1 aromatic carbocycles. The Morgan fingerprint density at radius 1 is 1.19 bits per heavy atom. The fourth-order valence-corrected chi connectivity index (χ4v) is 2.21. The Balaban J connectivity index is 1.61. The van der Waals surface area contributed by atoms with Crippen LogP contribution in [0.5, 0.6) is 0 Å². The van der Waals surface area contributed by atoms with E-state index in [4.69, 9.17) is 0 Å². The van der Waals surface area contributed by atoms with Gasteiger partial charge in [0.15, 0.2) is 0 Å². The SMILES string of the molecule is C1=CC(NCCCc2ccccc2)CCC1. The highest BCUT2D eigenvalue weighted by molar-refractivity contribution is 5.14. The molecule has 1 heteroatoms. The summed E-state index contributed by atoms with van der Waals surface area (Å²) in [6.45, 7) is 1.13. The molecule has 1 aliphatic carbocycles. The zero-order valence-electron chi connectivity index (χ0n) is 9.86. The summed E-state index contributed by atoms with van der Waals surface area (Å²) in [7, 11) is 0. The summed E-state index contributed by atoms with van der Waals surface area (Å²) in [5, 5.41) is 3.61. The molecule has 16 heavy (non-hydrogen) atoms. The predicted octanol–water partition coefficient (Wildman–Crippen LogP) is 3.32. The lowest BCUT2D eigenvalue weighted by atomic mass is 10.0. The van der Waals surface area contributed by atoms with Crippen molar-refractivity contribution in [1.29, 1.82) is 0 Å². The molecule has 86 valence electrons. The van der Waals surface area contributed by atoms with E-state index in [9.17, 15) is 0 Å². The van der Waals surface area contributed by atoms with Crippen LogP contribution in [-0.4, -0.2) is 12.6 Å². The molecule has 1 unspecified atom stereocenters. The summed E-state index contributed by atoms with van der Waals surface area (Å²) in [6, 6.07) is 11.4. The maximum atomic E-state index is 3.61. The van der Waals surface area contributed by atoms with Crippen LogP contribution in [0.4, 0.5) is 0 Å². The van der Waals surface area contributed by atoms with Gasteiger partial charge >= 0.3 is 0 Å². The number of aryl methyl sites for hydroxylation is 1. The van der Waals surface area contributed by atoms with Crippen molar-refractivity contribution in [2.45, 2.75) is 38.1 Å². The lowest BCUT2D eigenvalue weighted by Crippen LogP contribution is -2.29. The molecule has 1 atom stereocenters. The number of benzene rings is 1. The molecule has 1 N–H and O–H groups in total. The monoisotopic (exact) mass is 215 g/mol. The van der Waals surface area contributed by atoms with Crippen molar-refractivity contribution >= 4 is 0 Å². The Hall–Kier alpha value is -1.08. The minimum absolute atomic E-state index is 0.629. The molecule has 0 amide bonds. The largest absolute Gasteiger partial charge is 0.311 e. The van der Waals surface area contributed by atoms with Gasteiger partial charge in [-0.05, 0) is 44.2 Å². The minimum Gasteiger partial charge on any atom is -0.311 e. The van der Waals surface area contributed by atoms with Gasteiger partial charge < -0.3 is 5.32 Å². The van der Waals surface area contributed by atoms with Gasteiger partial charge in [0, 0.05) is 6.04 Å². The first-order valence-corrected chi connectivity index (χ1v) is 6.39. The van der Waals surface area contributed by atoms with Crippen molar-refractivity contribution < 1.29 is 0 Å². The number of allylic oxidation sites excluding steroid dienone is 1. The first-order chi connectivity index (χ1) is 7.95.